The fourth-order valence-electron chi connectivity index (χ4n) is 3.23. The van der Waals surface area contributed by atoms with E-state index in [1.807, 2.05) is 0 Å². The van der Waals surface area contributed by atoms with E-state index in [-0.39, 0.29) is 5.92 Å². The minimum Gasteiger partial charge on any atom is -0.428 e. The number of aliphatic hydroxyl groups excluding tert-OH is 1. The first kappa shape index (κ1) is 13.2. The minimum atomic E-state index is -1.19. The van der Waals surface area contributed by atoms with Gasteiger partial charge in [-0.2, -0.15) is 0 Å². The third-order valence-electron chi connectivity index (χ3n) is 4.40. The van der Waals surface area contributed by atoms with Crippen molar-refractivity contribution in [3.63, 3.8) is 0 Å². The molecule has 2 heterocycles. The van der Waals surface area contributed by atoms with E-state index >= 15 is 0 Å². The first-order valence-electron chi connectivity index (χ1n) is 7.01. The molecule has 4 rings (SSSR count). The van der Waals surface area contributed by atoms with Gasteiger partial charge in [0.1, 0.15) is 0 Å². The van der Waals surface area contributed by atoms with Crippen molar-refractivity contribution in [2.75, 3.05) is 0 Å². The maximum absolute atomic E-state index is 11.7. The second kappa shape index (κ2) is 4.51. The van der Waals surface area contributed by atoms with Crippen molar-refractivity contribution in [1.29, 1.82) is 0 Å². The van der Waals surface area contributed by atoms with E-state index in [2.05, 4.69) is 4.74 Å². The third kappa shape index (κ3) is 1.80. The number of carbonyl (C=O) groups excluding carboxylic acids is 3. The van der Waals surface area contributed by atoms with E-state index in [9.17, 15) is 19.5 Å². The van der Waals surface area contributed by atoms with Crippen LogP contribution in [0, 0.1) is 17.8 Å². The van der Waals surface area contributed by atoms with Crippen molar-refractivity contribution in [1.82, 2.24) is 0 Å². The Morgan fingerprint density at radius 3 is 2.68 bits per heavy atom. The van der Waals surface area contributed by atoms with E-state index in [0.717, 1.165) is 5.57 Å². The van der Waals surface area contributed by atoms with Crippen LogP contribution in [0.25, 0.3) is 0 Å². The Bertz CT molecular complexity index is 723. The maximum atomic E-state index is 11.7. The molecule has 0 bridgehead atoms. The molecule has 6 nitrogen and oxygen atoms in total. The number of esters is 3. The summed E-state index contributed by atoms with van der Waals surface area (Å²) in [6, 6.07) is 0. The number of hydrogen-bond donors (Lipinski definition) is 1. The van der Waals surface area contributed by atoms with Crippen molar-refractivity contribution in [3.05, 3.63) is 47.1 Å². The summed E-state index contributed by atoms with van der Waals surface area (Å²) in [5.74, 6) is -2.83. The lowest BCUT2D eigenvalue weighted by molar-refractivity contribution is -0.153. The average Bonchev–Trinajstić information content (AvgIpc) is 2.96. The van der Waals surface area contributed by atoms with Crippen LogP contribution in [0.1, 0.15) is 6.42 Å². The van der Waals surface area contributed by atoms with E-state index in [1.54, 1.807) is 30.4 Å². The maximum Gasteiger partial charge on any atom is 0.340 e. The summed E-state index contributed by atoms with van der Waals surface area (Å²) in [4.78, 5) is 34.8. The lowest BCUT2D eigenvalue weighted by Crippen LogP contribution is -2.19. The van der Waals surface area contributed by atoms with Crippen LogP contribution in [-0.4, -0.2) is 29.3 Å². The molecule has 0 amide bonds. The van der Waals surface area contributed by atoms with Gasteiger partial charge in [-0.25, -0.2) is 4.79 Å². The van der Waals surface area contributed by atoms with Gasteiger partial charge in [-0.3, -0.25) is 9.59 Å². The molecular formula is C16H12O6. The zero-order valence-electron chi connectivity index (χ0n) is 11.4. The van der Waals surface area contributed by atoms with Gasteiger partial charge in [0.15, 0.2) is 0 Å². The highest BCUT2D eigenvalue weighted by Gasteiger charge is 2.44. The Morgan fingerprint density at radius 1 is 1.09 bits per heavy atom. The van der Waals surface area contributed by atoms with Gasteiger partial charge in [-0.15, -0.1) is 0 Å². The normalized spacial score (nSPS) is 36.0. The molecule has 2 aliphatic heterocycles. The number of rotatable bonds is 1. The van der Waals surface area contributed by atoms with Crippen molar-refractivity contribution in [3.8, 4) is 0 Å². The molecule has 0 aromatic carbocycles. The van der Waals surface area contributed by atoms with Gasteiger partial charge in [-0.05, 0) is 12.0 Å². The predicted octanol–water partition coefficient (Wildman–Crippen LogP) is 0.546. The highest BCUT2D eigenvalue weighted by molar-refractivity contribution is 5.99. The quantitative estimate of drug-likeness (QED) is 0.562. The van der Waals surface area contributed by atoms with Crippen molar-refractivity contribution in [2.45, 2.75) is 12.7 Å². The van der Waals surface area contributed by atoms with Crippen LogP contribution in [0.5, 0.6) is 0 Å². The monoisotopic (exact) mass is 300 g/mol. The first-order valence-corrected chi connectivity index (χ1v) is 7.01. The summed E-state index contributed by atoms with van der Waals surface area (Å²) >= 11 is 0. The molecule has 1 N–H and O–H groups in total. The molecule has 2 saturated heterocycles. The lowest BCUT2D eigenvalue weighted by atomic mass is 9.80. The molecule has 22 heavy (non-hydrogen) atoms. The van der Waals surface area contributed by atoms with Crippen molar-refractivity contribution < 1.29 is 29.0 Å². The van der Waals surface area contributed by atoms with Crippen LogP contribution < -0.4 is 0 Å². The zero-order valence-corrected chi connectivity index (χ0v) is 11.4. The molecule has 6 heteroatoms. The topological polar surface area (TPSA) is 89.9 Å². The Kier molecular flexibility index (Phi) is 2.71. The highest BCUT2D eigenvalue weighted by Crippen LogP contribution is 2.39. The Balaban J connectivity index is 1.64. The molecule has 112 valence electrons. The molecule has 4 atom stereocenters. The van der Waals surface area contributed by atoms with E-state index in [0.29, 0.717) is 17.6 Å². The molecule has 4 aliphatic rings. The van der Waals surface area contributed by atoms with E-state index < -0.39 is 36.0 Å². The summed E-state index contributed by atoms with van der Waals surface area (Å²) < 4.78 is 9.40. The van der Waals surface area contributed by atoms with Gasteiger partial charge in [0, 0.05) is 11.5 Å². The van der Waals surface area contributed by atoms with E-state index in [4.69, 9.17) is 4.74 Å². The molecular weight excluding hydrogens is 288 g/mol. The van der Waals surface area contributed by atoms with Gasteiger partial charge >= 0.3 is 17.9 Å². The summed E-state index contributed by atoms with van der Waals surface area (Å²) in [5, 5.41) is 9.60. The van der Waals surface area contributed by atoms with Gasteiger partial charge in [0.2, 0.25) is 6.29 Å². The molecule has 0 radical (unpaired) electrons. The van der Waals surface area contributed by atoms with Gasteiger partial charge < -0.3 is 14.6 Å². The predicted molar refractivity (Wildman–Crippen MR) is 71.7 cm³/mol. The number of cyclic esters (lactones) is 3. The average molecular weight is 300 g/mol. The van der Waals surface area contributed by atoms with Crippen LogP contribution in [0.3, 0.4) is 0 Å². The number of ether oxygens (including phenoxy) is 2. The fraction of sp³-hybridized carbons (Fsp3) is 0.312. The number of allylic oxidation sites excluding steroid dienone is 4. The molecule has 2 aliphatic carbocycles. The summed E-state index contributed by atoms with van der Waals surface area (Å²) in [6.45, 7) is 0. The number of aliphatic hydroxyl groups is 1. The van der Waals surface area contributed by atoms with Gasteiger partial charge in [0.05, 0.1) is 17.4 Å². The smallest absolute Gasteiger partial charge is 0.340 e. The summed E-state index contributed by atoms with van der Waals surface area (Å²) in [6.07, 6.45) is 8.10. The standard InChI is InChI=1S/C16H12O6/c17-13-9-3-1-7(5-11(9)15(19)21-13)8-2-4-10-12(6-8)16(20)22-14(10)18/h1,3-6,8-9,11,14,18H,2H2. The molecule has 2 fully saturated rings. The number of fused-ring (bicyclic) bond motifs is 2. The third-order valence-corrected chi connectivity index (χ3v) is 4.40. The molecule has 0 spiro atoms. The SMILES string of the molecule is O=C1OC(O)C2=CCC(C3=CC4C(=O)OC(=O)C4C=C3)C=C12. The number of hydrogen-bond acceptors (Lipinski definition) is 6. The first-order chi connectivity index (χ1) is 10.5. The molecule has 4 unspecified atom stereocenters. The second-order valence-corrected chi connectivity index (χ2v) is 5.66. The van der Waals surface area contributed by atoms with Gasteiger partial charge in [-0.1, -0.05) is 30.4 Å². The zero-order chi connectivity index (χ0) is 15.4. The van der Waals surface area contributed by atoms with Crippen LogP contribution in [0.15, 0.2) is 47.1 Å². The van der Waals surface area contributed by atoms with Crippen LogP contribution >= 0.6 is 0 Å². The van der Waals surface area contributed by atoms with Crippen LogP contribution in [0.2, 0.25) is 0 Å². The fourth-order valence-corrected chi connectivity index (χ4v) is 3.23. The Labute approximate surface area is 125 Å². The van der Waals surface area contributed by atoms with Crippen LogP contribution in [-0.2, 0) is 23.9 Å². The van der Waals surface area contributed by atoms with E-state index in [1.165, 1.54) is 0 Å². The lowest BCUT2D eigenvalue weighted by Gasteiger charge is -2.22. The second-order valence-electron chi connectivity index (χ2n) is 5.66. The molecule has 0 aromatic rings. The Morgan fingerprint density at radius 2 is 1.86 bits per heavy atom. The molecule has 0 aromatic heterocycles. The minimum absolute atomic E-state index is 0.0997. The largest absolute Gasteiger partial charge is 0.428 e. The summed E-state index contributed by atoms with van der Waals surface area (Å²) in [7, 11) is 0. The molecule has 0 saturated carbocycles. The van der Waals surface area contributed by atoms with Gasteiger partial charge in [0.25, 0.3) is 0 Å². The summed E-state index contributed by atoms with van der Waals surface area (Å²) in [5.41, 5.74) is 1.71. The van der Waals surface area contributed by atoms with Crippen molar-refractivity contribution >= 4 is 17.9 Å². The number of carbonyl (C=O) groups is 3. The van der Waals surface area contributed by atoms with Crippen molar-refractivity contribution in [2.24, 2.45) is 17.8 Å². The van der Waals surface area contributed by atoms with Crippen LogP contribution in [0.4, 0.5) is 0 Å². The highest BCUT2D eigenvalue weighted by atomic mass is 16.6. The Hall–Kier alpha value is -2.47.